The van der Waals surface area contributed by atoms with E-state index in [0.717, 1.165) is 11.3 Å². The van der Waals surface area contributed by atoms with Crippen molar-refractivity contribution in [3.63, 3.8) is 0 Å². The van der Waals surface area contributed by atoms with Crippen molar-refractivity contribution < 1.29 is 9.53 Å². The first-order valence-electron chi connectivity index (χ1n) is 10.0. The number of carbonyl (C=O) groups excluding carboxylic acids is 1. The van der Waals surface area contributed by atoms with Gasteiger partial charge in [0.15, 0.2) is 0 Å². The van der Waals surface area contributed by atoms with Crippen molar-refractivity contribution in [2.75, 3.05) is 16.8 Å². The number of amides is 1. The molecule has 0 spiro atoms. The SMILES string of the molecule is CC(C)C1COC(=O)N1c1ccnc(N[C@H](C)c2cn(Cc3ccccc3)nn2)n1. The van der Waals surface area contributed by atoms with Crippen LogP contribution in [0.15, 0.2) is 48.8 Å². The average Bonchev–Trinajstić information content (AvgIpc) is 3.36. The van der Waals surface area contributed by atoms with E-state index in [0.29, 0.717) is 24.9 Å². The fourth-order valence-electron chi connectivity index (χ4n) is 3.37. The Morgan fingerprint density at radius 2 is 2.00 bits per heavy atom. The molecule has 1 unspecified atom stereocenters. The monoisotopic (exact) mass is 407 g/mol. The molecule has 2 aromatic heterocycles. The standard InChI is InChI=1S/C21H25N7O2/c1-14(2)18-13-30-21(29)28(18)19-9-10-22-20(24-19)23-15(3)17-12-27(26-25-17)11-16-7-5-4-6-8-16/h4-10,12,14-15,18H,11,13H2,1-3H3,(H,22,23,24)/t15-,18?/m1/s1. The fraction of sp³-hybridized carbons (Fsp3) is 0.381. The lowest BCUT2D eigenvalue weighted by Crippen LogP contribution is -2.37. The van der Waals surface area contributed by atoms with Crippen LogP contribution in [0, 0.1) is 5.92 Å². The van der Waals surface area contributed by atoms with Gasteiger partial charge in [-0.3, -0.25) is 4.90 Å². The molecule has 1 saturated heterocycles. The quantitative estimate of drug-likeness (QED) is 0.642. The number of anilines is 2. The second-order valence-electron chi connectivity index (χ2n) is 7.69. The molecular formula is C21H25N7O2. The van der Waals surface area contributed by atoms with E-state index in [1.165, 1.54) is 0 Å². The summed E-state index contributed by atoms with van der Waals surface area (Å²) in [6, 6.07) is 11.6. The van der Waals surface area contributed by atoms with Crippen LogP contribution in [0.4, 0.5) is 16.6 Å². The second-order valence-corrected chi connectivity index (χ2v) is 7.69. The van der Waals surface area contributed by atoms with Gasteiger partial charge in [-0.05, 0) is 24.5 Å². The van der Waals surface area contributed by atoms with E-state index in [2.05, 4.69) is 51.6 Å². The molecule has 4 rings (SSSR count). The van der Waals surface area contributed by atoms with E-state index >= 15 is 0 Å². The Balaban J connectivity index is 1.46. The van der Waals surface area contributed by atoms with Crippen molar-refractivity contribution in [2.24, 2.45) is 5.92 Å². The number of nitrogens with one attached hydrogen (secondary N) is 1. The number of cyclic esters (lactones) is 1. The van der Waals surface area contributed by atoms with Gasteiger partial charge in [0.2, 0.25) is 5.95 Å². The lowest BCUT2D eigenvalue weighted by Gasteiger charge is -2.23. The molecular weight excluding hydrogens is 382 g/mol. The van der Waals surface area contributed by atoms with Crippen LogP contribution in [0.25, 0.3) is 0 Å². The van der Waals surface area contributed by atoms with E-state index in [-0.39, 0.29) is 24.1 Å². The highest BCUT2D eigenvalue weighted by Crippen LogP contribution is 2.26. The Bertz CT molecular complexity index is 1010. The van der Waals surface area contributed by atoms with Crippen LogP contribution >= 0.6 is 0 Å². The van der Waals surface area contributed by atoms with Crippen molar-refractivity contribution in [1.82, 2.24) is 25.0 Å². The van der Waals surface area contributed by atoms with Gasteiger partial charge in [-0.1, -0.05) is 49.4 Å². The van der Waals surface area contributed by atoms with Gasteiger partial charge in [0.25, 0.3) is 0 Å². The van der Waals surface area contributed by atoms with Crippen molar-refractivity contribution in [2.45, 2.75) is 39.4 Å². The summed E-state index contributed by atoms with van der Waals surface area (Å²) in [6.07, 6.45) is 3.16. The number of ether oxygens (including phenoxy) is 1. The topological polar surface area (TPSA) is 98.1 Å². The molecule has 1 aromatic carbocycles. The van der Waals surface area contributed by atoms with Crippen molar-refractivity contribution >= 4 is 17.9 Å². The third kappa shape index (κ3) is 4.24. The van der Waals surface area contributed by atoms with E-state index < -0.39 is 0 Å². The maximum Gasteiger partial charge on any atom is 0.415 e. The molecule has 156 valence electrons. The summed E-state index contributed by atoms with van der Waals surface area (Å²) in [5.74, 6) is 1.19. The molecule has 9 nitrogen and oxygen atoms in total. The molecule has 9 heteroatoms. The number of nitrogens with zero attached hydrogens (tertiary/aromatic N) is 6. The number of rotatable bonds is 7. The number of benzene rings is 1. The summed E-state index contributed by atoms with van der Waals surface area (Å²) >= 11 is 0. The molecule has 1 N–H and O–H groups in total. The third-order valence-electron chi connectivity index (χ3n) is 5.10. The molecule has 30 heavy (non-hydrogen) atoms. The zero-order valence-corrected chi connectivity index (χ0v) is 17.3. The molecule has 1 aliphatic heterocycles. The first-order valence-corrected chi connectivity index (χ1v) is 10.0. The average molecular weight is 407 g/mol. The molecule has 3 aromatic rings. The minimum absolute atomic E-state index is 0.0458. The Labute approximate surface area is 175 Å². The van der Waals surface area contributed by atoms with Crippen LogP contribution in [0.5, 0.6) is 0 Å². The molecule has 1 aliphatic rings. The van der Waals surface area contributed by atoms with E-state index in [9.17, 15) is 4.79 Å². The summed E-state index contributed by atoms with van der Waals surface area (Å²) in [7, 11) is 0. The molecule has 3 heterocycles. The maximum absolute atomic E-state index is 12.2. The van der Waals surface area contributed by atoms with Crippen LogP contribution in [-0.2, 0) is 11.3 Å². The minimum atomic E-state index is -0.379. The molecule has 1 fully saturated rings. The van der Waals surface area contributed by atoms with E-state index in [1.54, 1.807) is 21.8 Å². The van der Waals surface area contributed by atoms with Crippen LogP contribution in [0.3, 0.4) is 0 Å². The highest BCUT2D eigenvalue weighted by molar-refractivity contribution is 5.89. The van der Waals surface area contributed by atoms with E-state index in [4.69, 9.17) is 4.74 Å². The predicted molar refractivity (Wildman–Crippen MR) is 112 cm³/mol. The zero-order valence-electron chi connectivity index (χ0n) is 17.3. The smallest absolute Gasteiger partial charge is 0.415 e. The van der Waals surface area contributed by atoms with Crippen LogP contribution in [-0.4, -0.2) is 43.7 Å². The number of aromatic nitrogens is 5. The number of hydrogen-bond acceptors (Lipinski definition) is 7. The van der Waals surface area contributed by atoms with Gasteiger partial charge in [-0.25, -0.2) is 14.5 Å². The van der Waals surface area contributed by atoms with Crippen LogP contribution < -0.4 is 10.2 Å². The highest BCUT2D eigenvalue weighted by atomic mass is 16.6. The first-order chi connectivity index (χ1) is 14.5. The summed E-state index contributed by atoms with van der Waals surface area (Å²) in [4.78, 5) is 22.6. The maximum atomic E-state index is 12.2. The summed E-state index contributed by atoms with van der Waals surface area (Å²) in [6.45, 7) is 7.10. The van der Waals surface area contributed by atoms with Crippen molar-refractivity contribution in [3.05, 3.63) is 60.0 Å². The second kappa shape index (κ2) is 8.48. The third-order valence-corrected chi connectivity index (χ3v) is 5.10. The van der Waals surface area contributed by atoms with Gasteiger partial charge in [0.1, 0.15) is 18.1 Å². The molecule has 2 atom stereocenters. The van der Waals surface area contributed by atoms with Gasteiger partial charge in [0.05, 0.1) is 24.8 Å². The largest absolute Gasteiger partial charge is 0.447 e. The molecule has 1 amide bonds. The van der Waals surface area contributed by atoms with Gasteiger partial charge in [-0.15, -0.1) is 5.10 Å². The van der Waals surface area contributed by atoms with Gasteiger partial charge < -0.3 is 10.1 Å². The van der Waals surface area contributed by atoms with Gasteiger partial charge in [0, 0.05) is 6.20 Å². The molecule has 0 bridgehead atoms. The van der Waals surface area contributed by atoms with Crippen LogP contribution in [0.2, 0.25) is 0 Å². The minimum Gasteiger partial charge on any atom is -0.447 e. The summed E-state index contributed by atoms with van der Waals surface area (Å²) < 4.78 is 7.02. The Hall–Kier alpha value is -3.49. The molecule has 0 aliphatic carbocycles. The Morgan fingerprint density at radius 3 is 2.77 bits per heavy atom. The lowest BCUT2D eigenvalue weighted by molar-refractivity contribution is 0.177. The number of hydrogen-bond donors (Lipinski definition) is 1. The predicted octanol–water partition coefficient (Wildman–Crippen LogP) is 3.27. The van der Waals surface area contributed by atoms with Crippen LogP contribution in [0.1, 0.15) is 38.1 Å². The van der Waals surface area contributed by atoms with Crippen molar-refractivity contribution in [3.8, 4) is 0 Å². The van der Waals surface area contributed by atoms with E-state index in [1.807, 2.05) is 31.3 Å². The molecule has 0 saturated carbocycles. The highest BCUT2D eigenvalue weighted by Gasteiger charge is 2.37. The van der Waals surface area contributed by atoms with Crippen molar-refractivity contribution in [1.29, 1.82) is 0 Å². The Morgan fingerprint density at radius 1 is 1.20 bits per heavy atom. The Kier molecular flexibility index (Phi) is 5.60. The first kappa shape index (κ1) is 19.8. The summed E-state index contributed by atoms with van der Waals surface area (Å²) in [5, 5.41) is 11.7. The fourth-order valence-corrected chi connectivity index (χ4v) is 3.37. The normalized spacial score (nSPS) is 17.3. The lowest BCUT2D eigenvalue weighted by atomic mass is 10.0. The van der Waals surface area contributed by atoms with Gasteiger partial charge in [-0.2, -0.15) is 4.98 Å². The number of carbonyl (C=O) groups is 1. The molecule has 0 radical (unpaired) electrons. The summed E-state index contributed by atoms with van der Waals surface area (Å²) in [5.41, 5.74) is 1.93. The van der Waals surface area contributed by atoms with Gasteiger partial charge >= 0.3 is 6.09 Å². The zero-order chi connectivity index (χ0) is 21.1.